The van der Waals surface area contributed by atoms with Crippen molar-refractivity contribution < 1.29 is 23.2 Å². The molecule has 4 rings (SSSR count). The monoisotopic (exact) mass is 410 g/mol. The van der Waals surface area contributed by atoms with E-state index in [4.69, 9.17) is 14.0 Å². The maximum absolute atomic E-state index is 13.3. The summed E-state index contributed by atoms with van der Waals surface area (Å²) in [6, 6.07) is 14.9. The summed E-state index contributed by atoms with van der Waals surface area (Å²) >= 11 is 0. The zero-order valence-corrected chi connectivity index (χ0v) is 16.7. The van der Waals surface area contributed by atoms with Gasteiger partial charge in [0.1, 0.15) is 17.3 Å². The molecule has 2 aromatic carbocycles. The van der Waals surface area contributed by atoms with Crippen molar-refractivity contribution in [3.8, 4) is 17.1 Å². The Morgan fingerprint density at radius 3 is 2.80 bits per heavy atom. The van der Waals surface area contributed by atoms with Gasteiger partial charge in [0, 0.05) is 30.3 Å². The van der Waals surface area contributed by atoms with Gasteiger partial charge >= 0.3 is 0 Å². The lowest BCUT2D eigenvalue weighted by atomic mass is 10.1. The van der Waals surface area contributed by atoms with Crippen molar-refractivity contribution >= 4 is 5.91 Å². The van der Waals surface area contributed by atoms with Gasteiger partial charge in [-0.05, 0) is 49.2 Å². The van der Waals surface area contributed by atoms with Gasteiger partial charge in [0.25, 0.3) is 5.91 Å². The molecule has 156 valence electrons. The largest absolute Gasteiger partial charge is 0.497 e. The average Bonchev–Trinajstić information content (AvgIpc) is 3.46. The summed E-state index contributed by atoms with van der Waals surface area (Å²) in [6.45, 7) is 1.41. The smallest absolute Gasteiger partial charge is 0.254 e. The number of aromatic nitrogens is 1. The van der Waals surface area contributed by atoms with E-state index in [1.165, 1.54) is 24.3 Å². The molecule has 0 unspecified atom stereocenters. The Hall–Kier alpha value is -3.19. The van der Waals surface area contributed by atoms with E-state index in [2.05, 4.69) is 5.16 Å². The SMILES string of the molecule is COc1cccc(-c2cc(CN(C[C@H]3CCCO3)C(=O)c3ccc(F)cc3)no2)c1. The molecule has 1 aliphatic heterocycles. The fourth-order valence-electron chi connectivity index (χ4n) is 3.52. The third kappa shape index (κ3) is 4.68. The quantitative estimate of drug-likeness (QED) is 0.581. The maximum Gasteiger partial charge on any atom is 0.254 e. The molecule has 0 spiro atoms. The zero-order valence-electron chi connectivity index (χ0n) is 16.7. The lowest BCUT2D eigenvalue weighted by Crippen LogP contribution is -2.37. The molecule has 1 atom stereocenters. The van der Waals surface area contributed by atoms with Crippen molar-refractivity contribution in [2.45, 2.75) is 25.5 Å². The van der Waals surface area contributed by atoms with Crippen LogP contribution < -0.4 is 4.74 Å². The van der Waals surface area contributed by atoms with Gasteiger partial charge in [-0.2, -0.15) is 0 Å². The van der Waals surface area contributed by atoms with Crippen molar-refractivity contribution in [3.05, 3.63) is 71.7 Å². The molecule has 6 nitrogen and oxygen atoms in total. The minimum atomic E-state index is -0.378. The Kier molecular flexibility index (Phi) is 6.09. The number of carbonyl (C=O) groups excluding carboxylic acids is 1. The highest BCUT2D eigenvalue weighted by molar-refractivity contribution is 5.94. The molecule has 1 fully saturated rings. The maximum atomic E-state index is 13.3. The number of nitrogens with zero attached hydrogens (tertiary/aromatic N) is 2. The van der Waals surface area contributed by atoms with Crippen LogP contribution in [0, 0.1) is 5.82 Å². The second-order valence-electron chi connectivity index (χ2n) is 7.24. The number of amides is 1. The summed E-state index contributed by atoms with van der Waals surface area (Å²) in [6.07, 6.45) is 1.87. The predicted octanol–water partition coefficient (Wildman–Crippen LogP) is 4.31. The normalized spacial score (nSPS) is 15.9. The van der Waals surface area contributed by atoms with Crippen LogP contribution in [0.4, 0.5) is 4.39 Å². The van der Waals surface area contributed by atoms with Gasteiger partial charge in [0.15, 0.2) is 5.76 Å². The summed E-state index contributed by atoms with van der Waals surface area (Å²) < 4.78 is 29.7. The van der Waals surface area contributed by atoms with Crippen LogP contribution >= 0.6 is 0 Å². The summed E-state index contributed by atoms with van der Waals surface area (Å²) in [5.74, 6) is 0.736. The molecule has 0 bridgehead atoms. The summed E-state index contributed by atoms with van der Waals surface area (Å²) in [5.41, 5.74) is 1.89. The summed E-state index contributed by atoms with van der Waals surface area (Å²) in [5, 5.41) is 4.14. The van der Waals surface area contributed by atoms with E-state index in [-0.39, 0.29) is 24.4 Å². The molecular formula is C23H23FN2O4. The van der Waals surface area contributed by atoms with Gasteiger partial charge in [-0.15, -0.1) is 0 Å². The number of methoxy groups -OCH3 is 1. The lowest BCUT2D eigenvalue weighted by molar-refractivity contribution is 0.0502. The fraction of sp³-hybridized carbons (Fsp3) is 0.304. The van der Waals surface area contributed by atoms with Gasteiger partial charge < -0.3 is 18.9 Å². The van der Waals surface area contributed by atoms with Crippen molar-refractivity contribution in [1.82, 2.24) is 10.1 Å². The topological polar surface area (TPSA) is 64.8 Å². The van der Waals surface area contributed by atoms with Gasteiger partial charge in [-0.1, -0.05) is 17.3 Å². The molecule has 0 aliphatic carbocycles. The van der Waals surface area contributed by atoms with Crippen LogP contribution in [-0.2, 0) is 11.3 Å². The molecule has 30 heavy (non-hydrogen) atoms. The van der Waals surface area contributed by atoms with E-state index in [0.717, 1.165) is 24.2 Å². The molecule has 0 saturated carbocycles. The van der Waals surface area contributed by atoms with E-state index in [1.54, 1.807) is 12.0 Å². The summed E-state index contributed by atoms with van der Waals surface area (Å²) in [4.78, 5) is 14.8. The minimum absolute atomic E-state index is 0.0147. The highest BCUT2D eigenvalue weighted by atomic mass is 19.1. The Morgan fingerprint density at radius 1 is 1.23 bits per heavy atom. The molecule has 0 radical (unpaired) electrons. The van der Waals surface area contributed by atoms with E-state index in [0.29, 0.717) is 30.2 Å². The molecular weight excluding hydrogens is 387 g/mol. The number of halogens is 1. The minimum Gasteiger partial charge on any atom is -0.497 e. The lowest BCUT2D eigenvalue weighted by Gasteiger charge is -2.24. The third-order valence-electron chi connectivity index (χ3n) is 5.09. The van der Waals surface area contributed by atoms with E-state index in [9.17, 15) is 9.18 Å². The van der Waals surface area contributed by atoms with Crippen molar-refractivity contribution in [2.24, 2.45) is 0 Å². The van der Waals surface area contributed by atoms with Crippen molar-refractivity contribution in [1.29, 1.82) is 0 Å². The van der Waals surface area contributed by atoms with Crippen LogP contribution in [0.2, 0.25) is 0 Å². The first-order valence-corrected chi connectivity index (χ1v) is 9.89. The number of carbonyl (C=O) groups is 1. The van der Waals surface area contributed by atoms with Crippen LogP contribution in [0.1, 0.15) is 28.9 Å². The van der Waals surface area contributed by atoms with Gasteiger partial charge in [0.2, 0.25) is 0 Å². The number of rotatable bonds is 7. The number of ether oxygens (including phenoxy) is 2. The van der Waals surface area contributed by atoms with Crippen LogP contribution in [0.25, 0.3) is 11.3 Å². The first kappa shape index (κ1) is 20.1. The van der Waals surface area contributed by atoms with Crippen LogP contribution in [0.3, 0.4) is 0 Å². The Morgan fingerprint density at radius 2 is 2.07 bits per heavy atom. The second-order valence-corrected chi connectivity index (χ2v) is 7.24. The molecule has 1 aromatic heterocycles. The van der Waals surface area contributed by atoms with E-state index in [1.807, 2.05) is 30.3 Å². The first-order chi connectivity index (χ1) is 14.6. The molecule has 1 amide bonds. The number of hydrogen-bond acceptors (Lipinski definition) is 5. The second kappa shape index (κ2) is 9.09. The van der Waals surface area contributed by atoms with Gasteiger partial charge in [-0.3, -0.25) is 4.79 Å². The zero-order chi connectivity index (χ0) is 20.9. The number of benzene rings is 2. The van der Waals surface area contributed by atoms with Crippen molar-refractivity contribution in [2.75, 3.05) is 20.3 Å². The first-order valence-electron chi connectivity index (χ1n) is 9.89. The summed E-state index contributed by atoms with van der Waals surface area (Å²) in [7, 11) is 1.61. The molecule has 0 N–H and O–H groups in total. The molecule has 1 saturated heterocycles. The Labute approximate surface area is 174 Å². The molecule has 3 aromatic rings. The van der Waals surface area contributed by atoms with Gasteiger partial charge in [0.05, 0.1) is 19.8 Å². The van der Waals surface area contributed by atoms with Crippen molar-refractivity contribution in [3.63, 3.8) is 0 Å². The van der Waals surface area contributed by atoms with E-state index >= 15 is 0 Å². The van der Waals surface area contributed by atoms with Crippen LogP contribution in [-0.4, -0.2) is 42.3 Å². The molecule has 1 aliphatic rings. The predicted molar refractivity (Wildman–Crippen MR) is 109 cm³/mol. The standard InChI is InChI=1S/C23H23FN2O4/c1-28-20-5-2-4-17(12-20)22-13-19(25-30-22)14-26(15-21-6-3-11-29-21)23(27)16-7-9-18(24)10-8-16/h2,4-5,7-10,12-13,21H,3,6,11,14-15H2,1H3/t21-/m1/s1. The molecule has 7 heteroatoms. The molecule has 2 heterocycles. The average molecular weight is 410 g/mol. The third-order valence-corrected chi connectivity index (χ3v) is 5.09. The number of hydrogen-bond donors (Lipinski definition) is 0. The Bertz CT molecular complexity index is 996. The van der Waals surface area contributed by atoms with E-state index < -0.39 is 0 Å². The highest BCUT2D eigenvalue weighted by Crippen LogP contribution is 2.25. The Balaban J connectivity index is 1.54. The van der Waals surface area contributed by atoms with Crippen LogP contribution in [0.5, 0.6) is 5.75 Å². The van der Waals surface area contributed by atoms with Crippen LogP contribution in [0.15, 0.2) is 59.1 Å². The highest BCUT2D eigenvalue weighted by Gasteiger charge is 2.25. The van der Waals surface area contributed by atoms with Gasteiger partial charge in [-0.25, -0.2) is 4.39 Å². The fourth-order valence-corrected chi connectivity index (χ4v) is 3.52.